The van der Waals surface area contributed by atoms with Crippen LogP contribution in [-0.4, -0.2) is 59.2 Å². The molecule has 6 rings (SSSR count). The molecule has 6 aromatic rings. The predicted octanol–water partition coefficient (Wildman–Crippen LogP) is 6.48. The molecule has 4 aromatic heterocycles. The summed E-state index contributed by atoms with van der Waals surface area (Å²) in [5.74, 6) is 1.06. The number of imidazole rings is 2. The van der Waals surface area contributed by atoms with Gasteiger partial charge in [-0.3, -0.25) is 0 Å². The molecule has 0 unspecified atom stereocenters. The number of pyridine rings is 2. The first-order valence-electron chi connectivity index (χ1n) is 12.6. The molecular formula is C32H36N6O2. The average molecular weight is 537 g/mol. The third-order valence-electron chi connectivity index (χ3n) is 6.45. The zero-order chi connectivity index (χ0) is 27.5. The fourth-order valence-corrected chi connectivity index (χ4v) is 4.21. The van der Waals surface area contributed by atoms with Crippen LogP contribution in [0.25, 0.3) is 33.8 Å². The lowest BCUT2D eigenvalue weighted by atomic mass is 10.1. The zero-order valence-electron chi connectivity index (χ0n) is 22.8. The van der Waals surface area contributed by atoms with Crippen LogP contribution in [0.1, 0.15) is 7.43 Å². The molecule has 0 saturated heterocycles. The molecule has 0 fully saturated rings. The van der Waals surface area contributed by atoms with E-state index in [0.29, 0.717) is 0 Å². The quantitative estimate of drug-likeness (QED) is 0.272. The van der Waals surface area contributed by atoms with Crippen molar-refractivity contribution in [3.05, 3.63) is 97.6 Å². The Labute approximate surface area is 235 Å². The molecule has 0 bridgehead atoms. The molecule has 0 amide bonds. The second-order valence-electron chi connectivity index (χ2n) is 9.62. The normalized spacial score (nSPS) is 10.5. The van der Waals surface area contributed by atoms with Crippen molar-refractivity contribution in [3.63, 3.8) is 0 Å². The summed E-state index contributed by atoms with van der Waals surface area (Å²) in [7, 11) is 9.77. The van der Waals surface area contributed by atoms with Gasteiger partial charge in [0.15, 0.2) is 0 Å². The molecule has 40 heavy (non-hydrogen) atoms. The van der Waals surface area contributed by atoms with Gasteiger partial charge in [-0.05, 0) is 48.5 Å². The fourth-order valence-electron chi connectivity index (χ4n) is 4.21. The summed E-state index contributed by atoms with van der Waals surface area (Å²) in [5, 5.41) is 9.45. The SMILES string of the molecule is C.CN(C)c1ccc(-c2cn3cc(O)ccc3n2)cc1.COc1ccc2nc(-c3ccc(N(C)C)cc3)cn2c1. The lowest BCUT2D eigenvalue weighted by Gasteiger charge is -2.12. The second kappa shape index (κ2) is 11.8. The number of ether oxygens (including phenoxy) is 1. The van der Waals surface area contributed by atoms with E-state index in [0.717, 1.165) is 45.2 Å². The van der Waals surface area contributed by atoms with Crippen LogP contribution in [-0.2, 0) is 0 Å². The minimum absolute atomic E-state index is 0. The number of rotatable bonds is 5. The summed E-state index contributed by atoms with van der Waals surface area (Å²) < 4.78 is 9.03. The van der Waals surface area contributed by atoms with Gasteiger partial charge in [-0.1, -0.05) is 31.7 Å². The number of hydrogen-bond acceptors (Lipinski definition) is 6. The highest BCUT2D eigenvalue weighted by Crippen LogP contribution is 2.24. The molecule has 0 aliphatic carbocycles. The largest absolute Gasteiger partial charge is 0.506 e. The first kappa shape index (κ1) is 28.0. The average Bonchev–Trinajstić information content (AvgIpc) is 3.57. The number of benzene rings is 2. The molecule has 8 heteroatoms. The van der Waals surface area contributed by atoms with E-state index < -0.39 is 0 Å². The monoisotopic (exact) mass is 536 g/mol. The first-order valence-corrected chi connectivity index (χ1v) is 12.6. The summed E-state index contributed by atoms with van der Waals surface area (Å²) in [6.07, 6.45) is 7.52. The molecule has 0 aliphatic heterocycles. The smallest absolute Gasteiger partial charge is 0.137 e. The number of nitrogens with zero attached hydrogens (tertiary/aromatic N) is 6. The van der Waals surface area contributed by atoms with Gasteiger partial charge in [0.05, 0.1) is 30.9 Å². The molecular weight excluding hydrogens is 500 g/mol. The molecule has 4 heterocycles. The number of anilines is 2. The number of methoxy groups -OCH3 is 1. The standard InChI is InChI=1S/C16H17N3O.C15H15N3O.CH4/c1-18(2)13-6-4-12(5-7-13)15-11-19-10-14(20-3)8-9-16(19)17-15;1-17(2)12-5-3-11(4-6-12)14-10-18-9-13(19)7-8-15(18)16-14;/h4-11H,1-3H3;3-10,19H,1-2H3;1H4. The maximum absolute atomic E-state index is 9.45. The Hall–Kier alpha value is -4.98. The van der Waals surface area contributed by atoms with Crippen LogP contribution >= 0.6 is 0 Å². The Morgan fingerprint density at radius 3 is 1.50 bits per heavy atom. The maximum atomic E-state index is 9.45. The zero-order valence-corrected chi connectivity index (χ0v) is 22.8. The Bertz CT molecular complexity index is 1700. The summed E-state index contributed by atoms with van der Waals surface area (Å²) in [6.45, 7) is 0. The van der Waals surface area contributed by atoms with Crippen molar-refractivity contribution in [3.8, 4) is 34.0 Å². The lowest BCUT2D eigenvalue weighted by molar-refractivity contribution is 0.412. The molecule has 0 spiro atoms. The van der Waals surface area contributed by atoms with E-state index in [4.69, 9.17) is 4.74 Å². The topological polar surface area (TPSA) is 70.5 Å². The minimum atomic E-state index is 0. The van der Waals surface area contributed by atoms with E-state index in [9.17, 15) is 5.11 Å². The Morgan fingerprint density at radius 2 is 1.05 bits per heavy atom. The summed E-state index contributed by atoms with van der Waals surface area (Å²) in [4.78, 5) is 13.3. The number of aromatic hydroxyl groups is 1. The molecule has 0 saturated carbocycles. The Morgan fingerprint density at radius 1 is 0.600 bits per heavy atom. The number of hydrogen-bond donors (Lipinski definition) is 1. The van der Waals surface area contributed by atoms with Crippen molar-refractivity contribution in [1.29, 1.82) is 0 Å². The van der Waals surface area contributed by atoms with E-state index in [1.54, 1.807) is 25.4 Å². The van der Waals surface area contributed by atoms with Crippen molar-refractivity contribution in [2.75, 3.05) is 45.1 Å². The van der Waals surface area contributed by atoms with Crippen molar-refractivity contribution < 1.29 is 9.84 Å². The molecule has 0 radical (unpaired) electrons. The lowest BCUT2D eigenvalue weighted by Crippen LogP contribution is -2.07. The first-order chi connectivity index (χ1) is 18.8. The van der Waals surface area contributed by atoms with E-state index >= 15 is 0 Å². The van der Waals surface area contributed by atoms with Crippen LogP contribution in [0.2, 0.25) is 0 Å². The highest BCUT2D eigenvalue weighted by molar-refractivity contribution is 5.66. The third kappa shape index (κ3) is 6.02. The third-order valence-corrected chi connectivity index (χ3v) is 6.45. The minimum Gasteiger partial charge on any atom is -0.506 e. The van der Waals surface area contributed by atoms with Gasteiger partial charge in [0.2, 0.25) is 0 Å². The molecule has 0 atom stereocenters. The van der Waals surface area contributed by atoms with Crippen molar-refractivity contribution in [2.45, 2.75) is 7.43 Å². The molecule has 206 valence electrons. The summed E-state index contributed by atoms with van der Waals surface area (Å²) >= 11 is 0. The number of fused-ring (bicyclic) bond motifs is 2. The van der Waals surface area contributed by atoms with E-state index in [1.165, 1.54) is 5.69 Å². The van der Waals surface area contributed by atoms with Crippen LogP contribution < -0.4 is 14.5 Å². The molecule has 8 nitrogen and oxygen atoms in total. The van der Waals surface area contributed by atoms with Gasteiger partial charge in [-0.25, -0.2) is 9.97 Å². The van der Waals surface area contributed by atoms with Crippen LogP contribution in [0, 0.1) is 0 Å². The van der Waals surface area contributed by atoms with Crippen LogP contribution in [0.5, 0.6) is 11.5 Å². The Kier molecular flexibility index (Phi) is 8.29. The van der Waals surface area contributed by atoms with Gasteiger partial charge < -0.3 is 28.4 Å². The van der Waals surface area contributed by atoms with Crippen LogP contribution in [0.15, 0.2) is 97.6 Å². The van der Waals surface area contributed by atoms with Gasteiger partial charge in [0.25, 0.3) is 0 Å². The van der Waals surface area contributed by atoms with E-state index in [2.05, 4.69) is 68.3 Å². The van der Waals surface area contributed by atoms with Crippen molar-refractivity contribution in [1.82, 2.24) is 18.8 Å². The highest BCUT2D eigenvalue weighted by atomic mass is 16.5. The van der Waals surface area contributed by atoms with Gasteiger partial charge in [0.1, 0.15) is 22.8 Å². The molecule has 1 N–H and O–H groups in total. The van der Waals surface area contributed by atoms with Crippen molar-refractivity contribution >= 4 is 22.7 Å². The predicted molar refractivity (Wildman–Crippen MR) is 165 cm³/mol. The van der Waals surface area contributed by atoms with E-state index in [1.807, 2.05) is 67.7 Å². The van der Waals surface area contributed by atoms with Gasteiger partial charge in [0, 0.05) is 63.1 Å². The van der Waals surface area contributed by atoms with Crippen molar-refractivity contribution in [2.24, 2.45) is 0 Å². The maximum Gasteiger partial charge on any atom is 0.137 e. The fraction of sp³-hybridized carbons (Fsp3) is 0.188. The van der Waals surface area contributed by atoms with Crippen LogP contribution in [0.3, 0.4) is 0 Å². The number of aromatic nitrogens is 4. The van der Waals surface area contributed by atoms with E-state index in [-0.39, 0.29) is 13.2 Å². The highest BCUT2D eigenvalue weighted by Gasteiger charge is 2.07. The summed E-state index contributed by atoms with van der Waals surface area (Å²) in [6, 6.07) is 23.9. The van der Waals surface area contributed by atoms with Gasteiger partial charge in [-0.2, -0.15) is 0 Å². The molecule has 0 aliphatic rings. The summed E-state index contributed by atoms with van der Waals surface area (Å²) in [5.41, 5.74) is 8.11. The molecule has 2 aromatic carbocycles. The van der Waals surface area contributed by atoms with Crippen LogP contribution in [0.4, 0.5) is 11.4 Å². The van der Waals surface area contributed by atoms with Gasteiger partial charge in [-0.15, -0.1) is 0 Å². The van der Waals surface area contributed by atoms with Gasteiger partial charge >= 0.3 is 0 Å². The second-order valence-corrected chi connectivity index (χ2v) is 9.62. The Balaban J connectivity index is 0.000000181.